The average Bonchev–Trinajstić information content (AvgIpc) is 2.50. The Balaban J connectivity index is 1.94. The van der Waals surface area contributed by atoms with Crippen LogP contribution < -0.4 is 10.9 Å². The van der Waals surface area contributed by atoms with Crippen LogP contribution in [0.15, 0.2) is 51.7 Å². The van der Waals surface area contributed by atoms with Crippen LogP contribution in [-0.4, -0.2) is 5.91 Å². The molecule has 0 aliphatic rings. The molecule has 0 saturated carbocycles. The monoisotopic (exact) mass is 307 g/mol. The van der Waals surface area contributed by atoms with Gasteiger partial charge in [-0.25, -0.2) is 4.79 Å². The number of hydrogen-bond donors (Lipinski definition) is 1. The summed E-state index contributed by atoms with van der Waals surface area (Å²) < 4.78 is 5.19. The van der Waals surface area contributed by atoms with Crippen LogP contribution in [0, 0.1) is 20.8 Å². The summed E-state index contributed by atoms with van der Waals surface area (Å²) in [5, 5.41) is 3.64. The van der Waals surface area contributed by atoms with Gasteiger partial charge in [-0.3, -0.25) is 4.79 Å². The van der Waals surface area contributed by atoms with E-state index in [4.69, 9.17) is 4.42 Å². The maximum atomic E-state index is 12.4. The molecule has 23 heavy (non-hydrogen) atoms. The summed E-state index contributed by atoms with van der Waals surface area (Å²) in [4.78, 5) is 24.0. The van der Waals surface area contributed by atoms with Crippen LogP contribution in [0.5, 0.6) is 0 Å². The molecule has 0 saturated heterocycles. The Morgan fingerprint density at radius 2 is 1.74 bits per heavy atom. The highest BCUT2D eigenvalue weighted by molar-refractivity contribution is 6.06. The highest BCUT2D eigenvalue weighted by Crippen LogP contribution is 2.19. The van der Waals surface area contributed by atoms with Crippen LogP contribution in [0.2, 0.25) is 0 Å². The molecule has 1 aromatic heterocycles. The first kappa shape index (κ1) is 15.0. The van der Waals surface area contributed by atoms with Crippen LogP contribution in [0.1, 0.15) is 27.0 Å². The van der Waals surface area contributed by atoms with Gasteiger partial charge in [-0.2, -0.15) is 0 Å². The van der Waals surface area contributed by atoms with Crippen LogP contribution in [0.3, 0.4) is 0 Å². The zero-order chi connectivity index (χ0) is 16.6. The molecule has 0 atom stereocenters. The van der Waals surface area contributed by atoms with Gasteiger partial charge < -0.3 is 9.73 Å². The molecule has 1 heterocycles. The van der Waals surface area contributed by atoms with E-state index in [0.29, 0.717) is 16.7 Å². The predicted octanol–water partition coefficient (Wildman–Crippen LogP) is 3.97. The van der Waals surface area contributed by atoms with Crippen molar-refractivity contribution in [1.29, 1.82) is 0 Å². The lowest BCUT2D eigenvalue weighted by atomic mass is 10.1. The minimum absolute atomic E-state index is 0.192. The first-order chi connectivity index (χ1) is 10.9. The predicted molar refractivity (Wildman–Crippen MR) is 91.1 cm³/mol. The summed E-state index contributed by atoms with van der Waals surface area (Å²) in [6.45, 7) is 5.66. The summed E-state index contributed by atoms with van der Waals surface area (Å²) in [6.07, 6.45) is 0. The van der Waals surface area contributed by atoms with Crippen molar-refractivity contribution in [2.75, 3.05) is 5.32 Å². The number of rotatable bonds is 2. The second-order valence-corrected chi connectivity index (χ2v) is 5.74. The second-order valence-electron chi connectivity index (χ2n) is 5.74. The van der Waals surface area contributed by atoms with Crippen molar-refractivity contribution in [3.63, 3.8) is 0 Å². The molecule has 0 aliphatic heterocycles. The average molecular weight is 307 g/mol. The summed E-state index contributed by atoms with van der Waals surface area (Å²) in [5.41, 5.74) is 4.11. The fraction of sp³-hybridized carbons (Fsp3) is 0.158. The zero-order valence-corrected chi connectivity index (χ0v) is 13.3. The Morgan fingerprint density at radius 3 is 2.48 bits per heavy atom. The Labute approximate surface area is 133 Å². The summed E-state index contributed by atoms with van der Waals surface area (Å²) in [5.74, 6) is -0.192. The molecule has 116 valence electrons. The third kappa shape index (κ3) is 3.01. The van der Waals surface area contributed by atoms with Crippen molar-refractivity contribution >= 4 is 22.6 Å². The normalized spacial score (nSPS) is 10.7. The van der Waals surface area contributed by atoms with Crippen molar-refractivity contribution in [3.05, 3.63) is 75.1 Å². The van der Waals surface area contributed by atoms with Gasteiger partial charge in [0.1, 0.15) is 5.58 Å². The standard InChI is InChI=1S/C19H17NO3/c1-11-4-6-16(12(2)8-11)20-18(21)14-5-7-17-15(10-14)9-13(3)19(22)23-17/h4-10H,1-3H3,(H,20,21). The van der Waals surface area contributed by atoms with E-state index in [1.54, 1.807) is 31.2 Å². The van der Waals surface area contributed by atoms with Gasteiger partial charge in [0.15, 0.2) is 0 Å². The SMILES string of the molecule is Cc1ccc(NC(=O)c2ccc3oc(=O)c(C)cc3c2)c(C)c1. The molecular weight excluding hydrogens is 290 g/mol. The van der Waals surface area contributed by atoms with Gasteiger partial charge in [-0.1, -0.05) is 17.7 Å². The van der Waals surface area contributed by atoms with Gasteiger partial charge >= 0.3 is 5.63 Å². The van der Waals surface area contributed by atoms with E-state index in [1.807, 2.05) is 32.0 Å². The summed E-state index contributed by atoms with van der Waals surface area (Å²) in [7, 11) is 0. The Hall–Kier alpha value is -2.88. The second kappa shape index (κ2) is 5.72. The number of aryl methyl sites for hydroxylation is 3. The molecule has 1 N–H and O–H groups in total. The number of anilines is 1. The lowest BCUT2D eigenvalue weighted by Gasteiger charge is -2.09. The number of nitrogens with one attached hydrogen (secondary N) is 1. The summed E-state index contributed by atoms with van der Waals surface area (Å²) >= 11 is 0. The van der Waals surface area contributed by atoms with E-state index in [1.165, 1.54) is 0 Å². The maximum Gasteiger partial charge on any atom is 0.339 e. The molecule has 0 spiro atoms. The zero-order valence-electron chi connectivity index (χ0n) is 13.3. The molecule has 0 fully saturated rings. The highest BCUT2D eigenvalue weighted by atomic mass is 16.4. The Bertz CT molecular complexity index is 970. The molecule has 0 unspecified atom stereocenters. The van der Waals surface area contributed by atoms with Crippen molar-refractivity contribution in [2.24, 2.45) is 0 Å². The van der Waals surface area contributed by atoms with Crippen molar-refractivity contribution in [3.8, 4) is 0 Å². The van der Waals surface area contributed by atoms with E-state index >= 15 is 0 Å². The largest absolute Gasteiger partial charge is 0.423 e. The first-order valence-corrected chi connectivity index (χ1v) is 7.37. The van der Waals surface area contributed by atoms with E-state index < -0.39 is 0 Å². The minimum atomic E-state index is -0.356. The molecule has 0 radical (unpaired) electrons. The van der Waals surface area contributed by atoms with Gasteiger partial charge in [0.25, 0.3) is 5.91 Å². The minimum Gasteiger partial charge on any atom is -0.423 e. The molecule has 1 amide bonds. The molecule has 2 aromatic carbocycles. The van der Waals surface area contributed by atoms with Gasteiger partial charge in [-0.15, -0.1) is 0 Å². The topological polar surface area (TPSA) is 59.3 Å². The van der Waals surface area contributed by atoms with E-state index in [9.17, 15) is 9.59 Å². The smallest absolute Gasteiger partial charge is 0.339 e. The van der Waals surface area contributed by atoms with Crippen molar-refractivity contribution in [1.82, 2.24) is 0 Å². The van der Waals surface area contributed by atoms with Gasteiger partial charge in [0.2, 0.25) is 0 Å². The van der Waals surface area contributed by atoms with E-state index in [-0.39, 0.29) is 11.5 Å². The molecule has 0 bridgehead atoms. The molecule has 0 aliphatic carbocycles. The third-order valence-electron chi connectivity index (χ3n) is 3.80. The van der Waals surface area contributed by atoms with Gasteiger partial charge in [0, 0.05) is 22.2 Å². The van der Waals surface area contributed by atoms with Gasteiger partial charge in [0.05, 0.1) is 0 Å². The Morgan fingerprint density at radius 1 is 0.957 bits per heavy atom. The number of benzene rings is 2. The number of carbonyl (C=O) groups is 1. The number of carbonyl (C=O) groups excluding carboxylic acids is 1. The number of fused-ring (bicyclic) bond motifs is 1. The third-order valence-corrected chi connectivity index (χ3v) is 3.80. The quantitative estimate of drug-likeness (QED) is 0.729. The maximum absolute atomic E-state index is 12.4. The van der Waals surface area contributed by atoms with Crippen LogP contribution >= 0.6 is 0 Å². The first-order valence-electron chi connectivity index (χ1n) is 7.37. The molecule has 3 rings (SSSR count). The molecule has 4 heteroatoms. The van der Waals surface area contributed by atoms with E-state index in [0.717, 1.165) is 22.2 Å². The van der Waals surface area contributed by atoms with Crippen LogP contribution in [0.25, 0.3) is 11.0 Å². The molecule has 3 aromatic rings. The lowest BCUT2D eigenvalue weighted by molar-refractivity contribution is 0.102. The lowest BCUT2D eigenvalue weighted by Crippen LogP contribution is -2.13. The Kier molecular flexibility index (Phi) is 3.74. The number of amides is 1. The number of hydrogen-bond acceptors (Lipinski definition) is 3. The fourth-order valence-electron chi connectivity index (χ4n) is 2.52. The summed E-state index contributed by atoms with van der Waals surface area (Å²) in [6, 6.07) is 12.6. The van der Waals surface area contributed by atoms with E-state index in [2.05, 4.69) is 5.32 Å². The van der Waals surface area contributed by atoms with Crippen LogP contribution in [-0.2, 0) is 0 Å². The van der Waals surface area contributed by atoms with Gasteiger partial charge in [-0.05, 0) is 56.7 Å². The van der Waals surface area contributed by atoms with Crippen molar-refractivity contribution < 1.29 is 9.21 Å². The van der Waals surface area contributed by atoms with Crippen molar-refractivity contribution in [2.45, 2.75) is 20.8 Å². The fourth-order valence-corrected chi connectivity index (χ4v) is 2.52. The molecular formula is C19H17NO3. The highest BCUT2D eigenvalue weighted by Gasteiger charge is 2.10. The van der Waals surface area contributed by atoms with Crippen LogP contribution in [0.4, 0.5) is 5.69 Å². The molecule has 4 nitrogen and oxygen atoms in total.